The highest BCUT2D eigenvalue weighted by atomic mass is 79.9. The smallest absolute Gasteiger partial charge is 0.159 e. The quantitative estimate of drug-likeness (QED) is 0.223. The summed E-state index contributed by atoms with van der Waals surface area (Å²) in [5.41, 5.74) is 0. The molecule has 0 aliphatic heterocycles. The number of hydrogen-bond acceptors (Lipinski definition) is 0. The van der Waals surface area contributed by atoms with E-state index in [-0.39, 0.29) is 0 Å². The molecular weight excluding hydrogens is 461 g/mol. The van der Waals surface area contributed by atoms with Crippen LogP contribution in [0.2, 0.25) is 0 Å². The van der Waals surface area contributed by atoms with Crippen LogP contribution in [0.15, 0.2) is 114 Å². The van der Waals surface area contributed by atoms with E-state index in [9.17, 15) is 8.78 Å². The van der Waals surface area contributed by atoms with Gasteiger partial charge in [0.1, 0.15) is 23.2 Å². The Morgan fingerprint density at radius 2 is 1.00 bits per heavy atom. The highest BCUT2D eigenvalue weighted by Crippen LogP contribution is 2.54. The van der Waals surface area contributed by atoms with Crippen molar-refractivity contribution in [1.82, 2.24) is 0 Å². The van der Waals surface area contributed by atoms with Crippen molar-refractivity contribution in [2.45, 2.75) is 6.92 Å². The topological polar surface area (TPSA) is 0 Å². The Kier molecular flexibility index (Phi) is 7.90. The maximum absolute atomic E-state index is 12.2. The third kappa shape index (κ3) is 5.03. The number of benzene rings is 4. The van der Waals surface area contributed by atoms with Crippen molar-refractivity contribution in [3.05, 3.63) is 125 Å². The van der Waals surface area contributed by atoms with Gasteiger partial charge in [-0.2, -0.15) is 0 Å². The average molecular weight is 484 g/mol. The molecule has 0 saturated heterocycles. The minimum absolute atomic E-state index is 0.543. The largest absolute Gasteiger partial charge is 0.204 e. The molecule has 0 spiro atoms. The molecule has 4 aromatic rings. The summed E-state index contributed by atoms with van der Waals surface area (Å²) in [6.07, 6.45) is 1.14. The summed E-state index contributed by atoms with van der Waals surface area (Å²) in [4.78, 5) is 0. The fraction of sp³-hybridized carbons (Fsp3) is 0.0769. The molecule has 0 saturated carbocycles. The molecule has 0 amide bonds. The first kappa shape index (κ1) is 22.3. The van der Waals surface area contributed by atoms with Gasteiger partial charge >= 0.3 is 0 Å². The molecule has 4 heteroatoms. The Labute approximate surface area is 186 Å². The molecule has 0 radical (unpaired) electrons. The van der Waals surface area contributed by atoms with Crippen molar-refractivity contribution in [2.24, 2.45) is 0 Å². The number of rotatable bonds is 4. The van der Waals surface area contributed by atoms with Crippen LogP contribution in [0.5, 0.6) is 0 Å². The average Bonchev–Trinajstić information content (AvgIpc) is 2.80. The molecule has 30 heavy (non-hydrogen) atoms. The molecule has 0 aromatic heterocycles. The molecule has 0 aliphatic rings. The summed E-state index contributed by atoms with van der Waals surface area (Å²) in [7, 11) is -1.53. The third-order valence-electron chi connectivity index (χ3n) is 4.95. The lowest BCUT2D eigenvalue weighted by molar-refractivity contribution is 0.508. The van der Waals surface area contributed by atoms with Gasteiger partial charge in [-0.15, -0.1) is 0 Å². The van der Waals surface area contributed by atoms with Gasteiger partial charge in [0.25, 0.3) is 0 Å². The van der Waals surface area contributed by atoms with E-state index in [2.05, 4.69) is 114 Å². The molecule has 152 valence electrons. The first-order valence-electron chi connectivity index (χ1n) is 9.73. The maximum Gasteiger partial charge on any atom is 0.159 e. The lowest BCUT2D eigenvalue weighted by Gasteiger charge is -2.26. The van der Waals surface area contributed by atoms with Gasteiger partial charge in [-0.3, -0.25) is 0 Å². The van der Waals surface area contributed by atoms with Crippen LogP contribution >= 0.6 is 23.2 Å². The Bertz CT molecular complexity index is 957. The van der Waals surface area contributed by atoms with E-state index in [4.69, 9.17) is 0 Å². The molecule has 0 unspecified atom stereocenters. The van der Waals surface area contributed by atoms with Crippen LogP contribution in [0.25, 0.3) is 0 Å². The van der Waals surface area contributed by atoms with Gasteiger partial charge in [0, 0.05) is 4.47 Å². The van der Waals surface area contributed by atoms with E-state index in [1.165, 1.54) is 22.0 Å². The molecule has 0 bridgehead atoms. The zero-order valence-electron chi connectivity index (χ0n) is 16.7. The highest BCUT2D eigenvalue weighted by molar-refractivity contribution is 9.10. The van der Waals surface area contributed by atoms with Gasteiger partial charge in [0.05, 0.1) is 6.16 Å². The molecule has 0 aliphatic carbocycles. The van der Waals surface area contributed by atoms with Crippen LogP contribution in [-0.4, -0.2) is 6.16 Å². The van der Waals surface area contributed by atoms with Crippen molar-refractivity contribution in [3.8, 4) is 0 Å². The van der Waals surface area contributed by atoms with Crippen molar-refractivity contribution >= 4 is 39.1 Å². The summed E-state index contributed by atoms with van der Waals surface area (Å²) >= 11 is 2.99. The van der Waals surface area contributed by atoms with Crippen molar-refractivity contribution in [2.75, 3.05) is 6.16 Å². The van der Waals surface area contributed by atoms with Crippen molar-refractivity contribution < 1.29 is 8.78 Å². The van der Waals surface area contributed by atoms with Crippen LogP contribution in [0.4, 0.5) is 8.78 Å². The first-order valence-corrected chi connectivity index (χ1v) is 12.5. The number of hydrogen-bond donors (Lipinski definition) is 0. The van der Waals surface area contributed by atoms with E-state index in [1.54, 1.807) is 0 Å². The zero-order valence-corrected chi connectivity index (χ0v) is 19.2. The molecule has 0 heterocycles. The van der Waals surface area contributed by atoms with E-state index in [0.29, 0.717) is 4.47 Å². The van der Waals surface area contributed by atoms with E-state index in [0.717, 1.165) is 18.3 Å². The summed E-state index contributed by atoms with van der Waals surface area (Å²) in [5.74, 6) is -1.65. The molecule has 4 rings (SSSR count). The zero-order chi connectivity index (χ0) is 21.4. The lowest BCUT2D eigenvalue weighted by atomic mass is 10.3. The summed E-state index contributed by atoms with van der Waals surface area (Å²) in [6.45, 7) is 2.32. The summed E-state index contributed by atoms with van der Waals surface area (Å²) < 4.78 is 24.8. The van der Waals surface area contributed by atoms with Gasteiger partial charge in [-0.1, -0.05) is 70.5 Å². The number of halogens is 3. The van der Waals surface area contributed by atoms with Gasteiger partial charge in [-0.05, 0) is 61.5 Å². The minimum atomic E-state index is -1.53. The standard InChI is InChI=1S/C20H20P.C6H3BrF2/c1-2-21(18-12-6-3-7-13-18,19-14-8-4-9-15-19)20-16-10-5-11-17-20;7-4-1-2-5(8)6(9)3-4/h3-17H,2H2,1H3;1-3H/q+1;. The van der Waals surface area contributed by atoms with Crippen LogP contribution in [0.1, 0.15) is 6.92 Å². The Morgan fingerprint density at radius 1 is 0.600 bits per heavy atom. The van der Waals surface area contributed by atoms with E-state index in [1.807, 2.05) is 0 Å². The minimum Gasteiger partial charge on any atom is -0.204 e. The Balaban J connectivity index is 0.000000239. The van der Waals surface area contributed by atoms with Gasteiger partial charge in [0.15, 0.2) is 11.6 Å². The van der Waals surface area contributed by atoms with E-state index < -0.39 is 18.9 Å². The van der Waals surface area contributed by atoms with E-state index >= 15 is 0 Å². The molecule has 0 nitrogen and oxygen atoms in total. The van der Waals surface area contributed by atoms with Crippen molar-refractivity contribution in [1.29, 1.82) is 0 Å². The van der Waals surface area contributed by atoms with Gasteiger partial charge < -0.3 is 0 Å². The monoisotopic (exact) mass is 483 g/mol. The molecule has 0 atom stereocenters. The second-order valence-electron chi connectivity index (χ2n) is 6.69. The predicted octanol–water partition coefficient (Wildman–Crippen LogP) is 6.73. The SMILES string of the molecule is CC[P+](c1ccccc1)(c1ccccc1)c1ccccc1.Fc1ccc(Br)cc1F. The molecular formula is C26H23BrF2P+. The summed E-state index contributed by atoms with van der Waals surface area (Å²) in [5, 5.41) is 4.39. The van der Waals surface area contributed by atoms with Gasteiger partial charge in [-0.25, -0.2) is 8.78 Å². The van der Waals surface area contributed by atoms with Gasteiger partial charge in [0.2, 0.25) is 0 Å². The van der Waals surface area contributed by atoms with Crippen LogP contribution in [0.3, 0.4) is 0 Å². The highest BCUT2D eigenvalue weighted by Gasteiger charge is 2.43. The first-order chi connectivity index (χ1) is 14.6. The molecule has 0 fully saturated rings. The molecule has 0 N–H and O–H groups in total. The van der Waals surface area contributed by atoms with Crippen LogP contribution in [-0.2, 0) is 0 Å². The third-order valence-corrected chi connectivity index (χ3v) is 9.93. The normalized spacial score (nSPS) is 10.8. The maximum atomic E-state index is 12.2. The fourth-order valence-electron chi connectivity index (χ4n) is 3.51. The Morgan fingerprint density at radius 3 is 1.30 bits per heavy atom. The van der Waals surface area contributed by atoms with Crippen molar-refractivity contribution in [3.63, 3.8) is 0 Å². The molecule has 4 aromatic carbocycles. The second kappa shape index (κ2) is 10.6. The Hall–Kier alpha value is -2.35. The lowest BCUT2D eigenvalue weighted by Crippen LogP contribution is -2.32. The van der Waals surface area contributed by atoms with Crippen LogP contribution < -0.4 is 15.9 Å². The fourth-order valence-corrected chi connectivity index (χ4v) is 7.88. The van der Waals surface area contributed by atoms with Crippen LogP contribution in [0, 0.1) is 11.6 Å². The second-order valence-corrected chi connectivity index (χ2v) is 11.4. The summed E-state index contributed by atoms with van der Waals surface area (Å²) in [6, 6.07) is 36.6. The predicted molar refractivity (Wildman–Crippen MR) is 130 cm³/mol.